The maximum atomic E-state index is 12.8. The number of anilines is 1. The van der Waals surface area contributed by atoms with Gasteiger partial charge in [0.2, 0.25) is 0 Å². The molecule has 1 aliphatic rings. The number of nitrogens with one attached hydrogen (secondary N) is 1. The van der Waals surface area contributed by atoms with Crippen molar-refractivity contribution in [3.8, 4) is 5.75 Å². The molecule has 6 nitrogen and oxygen atoms in total. The van der Waals surface area contributed by atoms with Crippen LogP contribution in [0, 0.1) is 6.92 Å². The Labute approximate surface area is 174 Å². The van der Waals surface area contributed by atoms with Crippen LogP contribution in [0.4, 0.5) is 5.69 Å². The molecule has 0 saturated heterocycles. The molecule has 150 valence electrons. The lowest BCUT2D eigenvalue weighted by atomic mass is 10.1. The van der Waals surface area contributed by atoms with Crippen LogP contribution < -0.4 is 10.1 Å². The highest BCUT2D eigenvalue weighted by molar-refractivity contribution is 6.21. The van der Waals surface area contributed by atoms with Crippen molar-refractivity contribution in [3.63, 3.8) is 0 Å². The molecule has 30 heavy (non-hydrogen) atoms. The van der Waals surface area contributed by atoms with E-state index in [1.807, 2.05) is 31.2 Å². The fraction of sp³-hybridized carbons (Fsp3) is 0.125. The van der Waals surface area contributed by atoms with Crippen molar-refractivity contribution in [3.05, 3.63) is 94.5 Å². The number of methoxy groups -OCH3 is 1. The first kappa shape index (κ1) is 19.4. The number of aryl methyl sites for hydroxylation is 1. The largest absolute Gasteiger partial charge is 0.496 e. The number of nitrogens with zero attached hydrogens (tertiary/aromatic N) is 1. The zero-order valence-corrected chi connectivity index (χ0v) is 16.6. The number of imide groups is 1. The molecule has 0 bridgehead atoms. The average molecular weight is 400 g/mol. The Bertz CT molecular complexity index is 1120. The van der Waals surface area contributed by atoms with Gasteiger partial charge in [0.25, 0.3) is 17.7 Å². The van der Waals surface area contributed by atoms with Crippen LogP contribution in [0.2, 0.25) is 0 Å². The van der Waals surface area contributed by atoms with Crippen molar-refractivity contribution < 1.29 is 19.1 Å². The lowest BCUT2D eigenvalue weighted by molar-refractivity contribution is 0.0642. The first-order valence-electron chi connectivity index (χ1n) is 9.48. The van der Waals surface area contributed by atoms with E-state index in [1.165, 1.54) is 12.0 Å². The molecule has 0 saturated carbocycles. The number of fused-ring (bicyclic) bond motifs is 1. The van der Waals surface area contributed by atoms with E-state index in [0.717, 1.165) is 5.56 Å². The van der Waals surface area contributed by atoms with Crippen molar-refractivity contribution in [2.45, 2.75) is 13.5 Å². The summed E-state index contributed by atoms with van der Waals surface area (Å²) in [6, 6.07) is 19.3. The fourth-order valence-electron chi connectivity index (χ4n) is 3.43. The van der Waals surface area contributed by atoms with E-state index in [-0.39, 0.29) is 24.3 Å². The highest BCUT2D eigenvalue weighted by Crippen LogP contribution is 2.27. The summed E-state index contributed by atoms with van der Waals surface area (Å²) < 4.78 is 5.33. The second-order valence-electron chi connectivity index (χ2n) is 7.10. The Morgan fingerprint density at radius 2 is 1.57 bits per heavy atom. The second kappa shape index (κ2) is 7.83. The monoisotopic (exact) mass is 400 g/mol. The molecule has 0 atom stereocenters. The lowest BCUT2D eigenvalue weighted by Crippen LogP contribution is -2.29. The predicted molar refractivity (Wildman–Crippen MR) is 113 cm³/mol. The molecule has 6 heteroatoms. The average Bonchev–Trinajstić information content (AvgIpc) is 3.00. The van der Waals surface area contributed by atoms with Gasteiger partial charge in [0.1, 0.15) is 5.75 Å². The van der Waals surface area contributed by atoms with Gasteiger partial charge < -0.3 is 10.1 Å². The van der Waals surface area contributed by atoms with Crippen LogP contribution in [0.3, 0.4) is 0 Å². The molecule has 0 radical (unpaired) electrons. The van der Waals surface area contributed by atoms with Gasteiger partial charge in [-0.05, 0) is 48.9 Å². The highest BCUT2D eigenvalue weighted by Gasteiger charge is 2.35. The summed E-state index contributed by atoms with van der Waals surface area (Å²) in [7, 11) is 1.49. The summed E-state index contributed by atoms with van der Waals surface area (Å²) in [4.78, 5) is 39.3. The summed E-state index contributed by atoms with van der Waals surface area (Å²) in [5.74, 6) is -0.597. The van der Waals surface area contributed by atoms with E-state index in [0.29, 0.717) is 33.7 Å². The zero-order chi connectivity index (χ0) is 21.3. The topological polar surface area (TPSA) is 75.7 Å². The molecule has 3 aromatic carbocycles. The van der Waals surface area contributed by atoms with Gasteiger partial charge in [-0.2, -0.15) is 0 Å². The molecule has 0 spiro atoms. The lowest BCUT2D eigenvalue weighted by Gasteiger charge is -2.16. The molecule has 0 aromatic heterocycles. The quantitative estimate of drug-likeness (QED) is 0.656. The van der Waals surface area contributed by atoms with Gasteiger partial charge in [-0.3, -0.25) is 19.3 Å². The maximum Gasteiger partial charge on any atom is 0.261 e. The van der Waals surface area contributed by atoms with Gasteiger partial charge in [-0.25, -0.2) is 0 Å². The molecule has 0 fully saturated rings. The number of amides is 3. The number of benzene rings is 3. The van der Waals surface area contributed by atoms with Gasteiger partial charge >= 0.3 is 0 Å². The SMILES string of the molecule is COc1ccc(CN2C(=O)c3ccccc3C2=O)cc1C(=O)Nc1ccc(C)cc1. The Morgan fingerprint density at radius 1 is 0.933 bits per heavy atom. The minimum absolute atomic E-state index is 0.0706. The molecule has 3 amide bonds. The Hall–Kier alpha value is -3.93. The molecule has 0 aliphatic carbocycles. The van der Waals surface area contributed by atoms with Crippen molar-refractivity contribution >= 4 is 23.4 Å². The summed E-state index contributed by atoms with van der Waals surface area (Å²) in [6.07, 6.45) is 0. The van der Waals surface area contributed by atoms with Crippen LogP contribution in [0.15, 0.2) is 66.7 Å². The van der Waals surface area contributed by atoms with Gasteiger partial charge in [0.15, 0.2) is 0 Å². The molecule has 1 aliphatic heterocycles. The van der Waals surface area contributed by atoms with Crippen LogP contribution >= 0.6 is 0 Å². The van der Waals surface area contributed by atoms with Crippen molar-refractivity contribution in [2.75, 3.05) is 12.4 Å². The van der Waals surface area contributed by atoms with Crippen LogP contribution in [0.1, 0.15) is 42.2 Å². The molecule has 4 rings (SSSR count). The second-order valence-corrected chi connectivity index (χ2v) is 7.10. The Kier molecular flexibility index (Phi) is 5.06. The smallest absolute Gasteiger partial charge is 0.261 e. The van der Waals surface area contributed by atoms with Crippen molar-refractivity contribution in [1.29, 1.82) is 0 Å². The van der Waals surface area contributed by atoms with E-state index in [2.05, 4.69) is 5.32 Å². The van der Waals surface area contributed by atoms with E-state index in [4.69, 9.17) is 4.74 Å². The number of carbonyl (C=O) groups is 3. The number of rotatable bonds is 5. The maximum absolute atomic E-state index is 12.8. The van der Waals surface area contributed by atoms with Crippen LogP contribution in [-0.4, -0.2) is 29.7 Å². The van der Waals surface area contributed by atoms with E-state index >= 15 is 0 Å². The minimum atomic E-state index is -0.336. The predicted octanol–water partition coefficient (Wildman–Crippen LogP) is 4.05. The van der Waals surface area contributed by atoms with Gasteiger partial charge in [-0.15, -0.1) is 0 Å². The summed E-state index contributed by atoms with van der Waals surface area (Å²) >= 11 is 0. The number of carbonyl (C=O) groups excluding carboxylic acids is 3. The molecular weight excluding hydrogens is 380 g/mol. The van der Waals surface area contributed by atoms with E-state index < -0.39 is 0 Å². The van der Waals surface area contributed by atoms with Crippen LogP contribution in [0.25, 0.3) is 0 Å². The van der Waals surface area contributed by atoms with Crippen LogP contribution in [-0.2, 0) is 6.54 Å². The first-order chi connectivity index (χ1) is 14.5. The minimum Gasteiger partial charge on any atom is -0.496 e. The van der Waals surface area contributed by atoms with E-state index in [9.17, 15) is 14.4 Å². The van der Waals surface area contributed by atoms with Gasteiger partial charge in [0.05, 0.1) is 30.3 Å². The Morgan fingerprint density at radius 3 is 2.17 bits per heavy atom. The third-order valence-electron chi connectivity index (χ3n) is 5.04. The van der Waals surface area contributed by atoms with Crippen LogP contribution in [0.5, 0.6) is 5.75 Å². The summed E-state index contributed by atoms with van der Waals surface area (Å²) in [5.41, 5.74) is 3.53. The molecule has 3 aromatic rings. The molecule has 1 heterocycles. The first-order valence-corrected chi connectivity index (χ1v) is 9.48. The summed E-state index contributed by atoms with van der Waals surface area (Å²) in [6.45, 7) is 2.04. The van der Waals surface area contributed by atoms with Crippen molar-refractivity contribution in [1.82, 2.24) is 4.90 Å². The molecule has 1 N–H and O–H groups in total. The highest BCUT2D eigenvalue weighted by atomic mass is 16.5. The molecule has 0 unspecified atom stereocenters. The van der Waals surface area contributed by atoms with E-state index in [1.54, 1.807) is 42.5 Å². The number of hydrogen-bond donors (Lipinski definition) is 1. The number of ether oxygens (including phenoxy) is 1. The third kappa shape index (κ3) is 3.55. The third-order valence-corrected chi connectivity index (χ3v) is 5.04. The van der Waals surface area contributed by atoms with Gasteiger partial charge in [0, 0.05) is 5.69 Å². The Balaban J connectivity index is 1.59. The number of hydrogen-bond acceptors (Lipinski definition) is 4. The normalized spacial score (nSPS) is 12.7. The fourth-order valence-corrected chi connectivity index (χ4v) is 3.43. The summed E-state index contributed by atoms with van der Waals surface area (Å²) in [5, 5.41) is 2.85. The standard InChI is InChI=1S/C24H20N2O4/c1-15-7-10-17(11-8-15)25-22(27)20-13-16(9-12-21(20)30-2)14-26-23(28)18-5-3-4-6-19(18)24(26)29/h3-13H,14H2,1-2H3,(H,25,27). The molecular formula is C24H20N2O4. The van der Waals surface area contributed by atoms with Gasteiger partial charge in [-0.1, -0.05) is 35.9 Å². The zero-order valence-electron chi connectivity index (χ0n) is 16.6. The van der Waals surface area contributed by atoms with Crippen molar-refractivity contribution in [2.24, 2.45) is 0 Å².